The Morgan fingerprint density at radius 3 is 2.45 bits per heavy atom. The molecule has 2 N–H and O–H groups in total. The van der Waals surface area contributed by atoms with Crippen molar-refractivity contribution in [2.45, 2.75) is 38.8 Å². The van der Waals surface area contributed by atoms with Gasteiger partial charge < -0.3 is 14.9 Å². The van der Waals surface area contributed by atoms with E-state index in [0.717, 1.165) is 66.5 Å². The maximum atomic E-state index is 12.5. The second-order valence-corrected chi connectivity index (χ2v) is 8.93. The SMILES string of the molecule is Cc1ccc2c(c1)[nH]c(=O)n2CCCN1CCC(n2c(=O)[nH]c3cc(Cl)ccc32)CC1. The highest BCUT2D eigenvalue weighted by Crippen LogP contribution is 2.26. The van der Waals surface area contributed by atoms with Gasteiger partial charge in [0.05, 0.1) is 22.1 Å². The zero-order valence-electron chi connectivity index (χ0n) is 17.5. The first-order valence-electron chi connectivity index (χ1n) is 10.8. The maximum absolute atomic E-state index is 12.5. The van der Waals surface area contributed by atoms with E-state index in [-0.39, 0.29) is 17.4 Å². The van der Waals surface area contributed by atoms with Gasteiger partial charge in [0.1, 0.15) is 0 Å². The first kappa shape index (κ1) is 20.2. The van der Waals surface area contributed by atoms with Crippen molar-refractivity contribution in [3.63, 3.8) is 0 Å². The number of nitrogens with zero attached hydrogens (tertiary/aromatic N) is 3. The summed E-state index contributed by atoms with van der Waals surface area (Å²) in [6, 6.07) is 11.8. The predicted molar refractivity (Wildman–Crippen MR) is 124 cm³/mol. The average molecular weight is 440 g/mol. The quantitative estimate of drug-likeness (QED) is 0.498. The summed E-state index contributed by atoms with van der Waals surface area (Å²) in [7, 11) is 0. The van der Waals surface area contributed by atoms with Crippen LogP contribution in [-0.4, -0.2) is 43.6 Å². The van der Waals surface area contributed by atoms with Gasteiger partial charge in [0.15, 0.2) is 0 Å². The van der Waals surface area contributed by atoms with Gasteiger partial charge >= 0.3 is 11.4 Å². The number of aromatic amines is 2. The molecule has 0 spiro atoms. The number of aromatic nitrogens is 4. The highest BCUT2D eigenvalue weighted by molar-refractivity contribution is 6.31. The lowest BCUT2D eigenvalue weighted by Gasteiger charge is -2.32. The Balaban J connectivity index is 1.21. The van der Waals surface area contributed by atoms with E-state index in [2.05, 4.69) is 14.9 Å². The number of rotatable bonds is 5. The van der Waals surface area contributed by atoms with Crippen LogP contribution in [0.25, 0.3) is 22.1 Å². The predicted octanol–water partition coefficient (Wildman–Crippen LogP) is 3.66. The first-order chi connectivity index (χ1) is 15.0. The molecule has 1 aliphatic rings. The molecule has 3 heterocycles. The fourth-order valence-electron chi connectivity index (χ4n) is 4.82. The fraction of sp³-hybridized carbons (Fsp3) is 0.391. The molecular weight excluding hydrogens is 414 g/mol. The molecule has 0 aliphatic carbocycles. The second kappa shape index (κ2) is 8.05. The number of halogens is 1. The molecule has 0 radical (unpaired) electrons. The summed E-state index contributed by atoms with van der Waals surface area (Å²) in [5.41, 5.74) is 4.61. The van der Waals surface area contributed by atoms with E-state index in [4.69, 9.17) is 11.6 Å². The molecule has 4 aromatic rings. The minimum Gasteiger partial charge on any atom is -0.306 e. The monoisotopic (exact) mass is 439 g/mol. The summed E-state index contributed by atoms with van der Waals surface area (Å²) in [6.45, 7) is 5.55. The van der Waals surface area contributed by atoms with Crippen LogP contribution in [0.5, 0.6) is 0 Å². The summed E-state index contributed by atoms with van der Waals surface area (Å²) in [4.78, 5) is 33.1. The van der Waals surface area contributed by atoms with Crippen molar-refractivity contribution in [3.05, 3.63) is 68.0 Å². The van der Waals surface area contributed by atoms with E-state index >= 15 is 0 Å². The Morgan fingerprint density at radius 2 is 1.65 bits per heavy atom. The summed E-state index contributed by atoms with van der Waals surface area (Å²) < 4.78 is 3.72. The van der Waals surface area contributed by atoms with Crippen molar-refractivity contribution in [2.75, 3.05) is 19.6 Å². The van der Waals surface area contributed by atoms with Gasteiger partial charge in [-0.05, 0) is 68.6 Å². The number of hydrogen-bond donors (Lipinski definition) is 2. The first-order valence-corrected chi connectivity index (χ1v) is 11.2. The Labute approximate surface area is 184 Å². The van der Waals surface area contributed by atoms with Gasteiger partial charge in [0.2, 0.25) is 0 Å². The van der Waals surface area contributed by atoms with Crippen LogP contribution >= 0.6 is 11.6 Å². The molecule has 0 saturated carbocycles. The van der Waals surface area contributed by atoms with Crippen molar-refractivity contribution in [2.24, 2.45) is 0 Å². The average Bonchev–Trinajstić information content (AvgIpc) is 3.23. The van der Waals surface area contributed by atoms with Crippen LogP contribution in [0.3, 0.4) is 0 Å². The molecule has 2 aromatic heterocycles. The topological polar surface area (TPSA) is 78.8 Å². The zero-order chi connectivity index (χ0) is 21.5. The second-order valence-electron chi connectivity index (χ2n) is 8.49. The minimum atomic E-state index is -0.0651. The van der Waals surface area contributed by atoms with Crippen LogP contribution in [-0.2, 0) is 6.54 Å². The van der Waals surface area contributed by atoms with Crippen LogP contribution in [0.15, 0.2) is 46.0 Å². The Morgan fingerprint density at radius 1 is 0.935 bits per heavy atom. The Hall–Kier alpha value is -2.77. The smallest absolute Gasteiger partial charge is 0.306 e. The summed E-state index contributed by atoms with van der Waals surface area (Å²) >= 11 is 6.06. The molecule has 0 atom stereocenters. The van der Waals surface area contributed by atoms with Crippen molar-refractivity contribution in [1.29, 1.82) is 0 Å². The summed E-state index contributed by atoms with van der Waals surface area (Å²) in [5.74, 6) is 0. The van der Waals surface area contributed by atoms with Gasteiger partial charge in [0.25, 0.3) is 0 Å². The van der Waals surface area contributed by atoms with E-state index in [1.807, 2.05) is 46.4 Å². The van der Waals surface area contributed by atoms with E-state index in [1.165, 1.54) is 0 Å². The van der Waals surface area contributed by atoms with Crippen LogP contribution < -0.4 is 11.4 Å². The Kier molecular flexibility index (Phi) is 5.24. The van der Waals surface area contributed by atoms with Crippen molar-refractivity contribution < 1.29 is 0 Å². The number of imidazole rings is 2. The van der Waals surface area contributed by atoms with E-state index in [0.29, 0.717) is 11.6 Å². The van der Waals surface area contributed by atoms with Gasteiger partial charge in [0, 0.05) is 30.7 Å². The van der Waals surface area contributed by atoms with Crippen molar-refractivity contribution in [3.8, 4) is 0 Å². The van der Waals surface area contributed by atoms with Gasteiger partial charge in [-0.2, -0.15) is 0 Å². The normalized spacial score (nSPS) is 15.9. The largest absolute Gasteiger partial charge is 0.326 e. The maximum Gasteiger partial charge on any atom is 0.326 e. The molecular formula is C23H26ClN5O2. The number of aryl methyl sites for hydroxylation is 2. The molecule has 0 amide bonds. The third-order valence-corrected chi connectivity index (χ3v) is 6.62. The number of nitrogens with one attached hydrogen (secondary N) is 2. The number of fused-ring (bicyclic) bond motifs is 2. The van der Waals surface area contributed by atoms with Crippen LogP contribution in [0.1, 0.15) is 30.9 Å². The molecule has 0 bridgehead atoms. The highest BCUT2D eigenvalue weighted by atomic mass is 35.5. The molecule has 8 heteroatoms. The molecule has 5 rings (SSSR count). The van der Waals surface area contributed by atoms with Crippen LogP contribution in [0, 0.1) is 6.92 Å². The third-order valence-electron chi connectivity index (χ3n) is 6.39. The Bertz CT molecular complexity index is 1350. The van der Waals surface area contributed by atoms with E-state index in [9.17, 15) is 9.59 Å². The molecule has 162 valence electrons. The fourth-order valence-corrected chi connectivity index (χ4v) is 4.99. The van der Waals surface area contributed by atoms with Crippen LogP contribution in [0.2, 0.25) is 5.02 Å². The highest BCUT2D eigenvalue weighted by Gasteiger charge is 2.23. The zero-order valence-corrected chi connectivity index (χ0v) is 18.3. The van der Waals surface area contributed by atoms with Gasteiger partial charge in [-0.3, -0.25) is 9.13 Å². The summed E-state index contributed by atoms with van der Waals surface area (Å²) in [6.07, 6.45) is 2.78. The molecule has 7 nitrogen and oxygen atoms in total. The molecule has 1 saturated heterocycles. The van der Waals surface area contributed by atoms with E-state index in [1.54, 1.807) is 6.07 Å². The third kappa shape index (κ3) is 3.83. The van der Waals surface area contributed by atoms with Crippen molar-refractivity contribution in [1.82, 2.24) is 24.0 Å². The van der Waals surface area contributed by atoms with Crippen molar-refractivity contribution >= 4 is 33.7 Å². The van der Waals surface area contributed by atoms with Gasteiger partial charge in [-0.15, -0.1) is 0 Å². The summed E-state index contributed by atoms with van der Waals surface area (Å²) in [5, 5.41) is 0.625. The standard InChI is InChI=1S/C23H26ClN5O2/c1-15-3-5-20-18(13-15)25-22(30)28(20)10-2-9-27-11-7-17(8-12-27)29-21-6-4-16(24)14-19(21)26-23(29)31/h3-6,13-14,17H,2,7-12H2,1H3,(H,25,30)(H,26,31). The van der Waals surface area contributed by atoms with E-state index < -0.39 is 0 Å². The van der Waals surface area contributed by atoms with Gasteiger partial charge in [-0.1, -0.05) is 17.7 Å². The lowest BCUT2D eigenvalue weighted by molar-refractivity contribution is 0.183. The number of hydrogen-bond acceptors (Lipinski definition) is 3. The number of piperidine rings is 1. The molecule has 0 unspecified atom stereocenters. The van der Waals surface area contributed by atoms with Crippen LogP contribution in [0.4, 0.5) is 0 Å². The lowest BCUT2D eigenvalue weighted by atomic mass is 10.0. The minimum absolute atomic E-state index is 0.0434. The molecule has 1 aliphatic heterocycles. The molecule has 1 fully saturated rings. The number of benzene rings is 2. The lowest BCUT2D eigenvalue weighted by Crippen LogP contribution is -2.37. The molecule has 2 aromatic carbocycles. The molecule has 31 heavy (non-hydrogen) atoms. The van der Waals surface area contributed by atoms with Gasteiger partial charge in [-0.25, -0.2) is 9.59 Å². The number of likely N-dealkylation sites (tertiary alicyclic amines) is 1. The number of H-pyrrole nitrogens is 2.